The first-order chi connectivity index (χ1) is 25.4. The van der Waals surface area contributed by atoms with Crippen LogP contribution >= 0.6 is 0 Å². The van der Waals surface area contributed by atoms with Gasteiger partial charge in [0, 0.05) is 13.5 Å². The van der Waals surface area contributed by atoms with Crippen molar-refractivity contribution in [3.63, 3.8) is 0 Å². The molecule has 4 N–H and O–H groups in total. The Labute approximate surface area is 319 Å². The van der Waals surface area contributed by atoms with Crippen LogP contribution in [0.2, 0.25) is 0 Å². The maximum atomic E-state index is 14.1. The van der Waals surface area contributed by atoms with Crippen LogP contribution in [0.1, 0.15) is 76.4 Å². The molecule has 5 atom stereocenters. The number of carbonyl (C=O) groups excluding carboxylic acids is 4. The Morgan fingerprint density at radius 1 is 0.778 bits per heavy atom. The summed E-state index contributed by atoms with van der Waals surface area (Å²) in [7, 11) is -2.57. The Morgan fingerprint density at radius 2 is 1.26 bits per heavy atom. The number of aryl methyl sites for hydroxylation is 3. The molecule has 294 valence electrons. The first kappa shape index (κ1) is 42.3. The lowest BCUT2D eigenvalue weighted by Gasteiger charge is -2.28. The summed E-state index contributed by atoms with van der Waals surface area (Å²) in [6, 6.07) is 14.3. The van der Waals surface area contributed by atoms with Gasteiger partial charge in [-0.1, -0.05) is 88.4 Å². The summed E-state index contributed by atoms with van der Waals surface area (Å²) in [6.45, 7) is 12.9. The molecule has 2 aromatic carbocycles. The number of nitrogens with one attached hydrogen (secondary N) is 4. The molecule has 3 amide bonds. The molecule has 0 saturated carbocycles. The highest BCUT2D eigenvalue weighted by Crippen LogP contribution is 2.30. The number of sulfonamides is 1. The topological polar surface area (TPSA) is 181 Å². The maximum Gasteiger partial charge on any atom is 0.244 e. The van der Waals surface area contributed by atoms with Crippen LogP contribution in [0.25, 0.3) is 0 Å². The lowest BCUT2D eigenvalue weighted by atomic mass is 9.93. The third kappa shape index (κ3) is 11.6. The summed E-state index contributed by atoms with van der Waals surface area (Å²) in [5.41, 5.74) is 1.44. The van der Waals surface area contributed by atoms with E-state index in [1.54, 1.807) is 27.8 Å². The number of amides is 3. The average molecular weight is 765 g/mol. The molecule has 1 aromatic heterocycles. The first-order valence-electron chi connectivity index (χ1n) is 18.6. The third-order valence-corrected chi connectivity index (χ3v) is 11.3. The second kappa shape index (κ2) is 18.3. The van der Waals surface area contributed by atoms with Crippen LogP contribution in [0.3, 0.4) is 0 Å². The van der Waals surface area contributed by atoms with Crippen molar-refractivity contribution < 1.29 is 32.3 Å². The molecule has 1 aliphatic rings. The predicted molar refractivity (Wildman–Crippen MR) is 206 cm³/mol. The van der Waals surface area contributed by atoms with Crippen molar-refractivity contribution in [3.05, 3.63) is 83.2 Å². The summed E-state index contributed by atoms with van der Waals surface area (Å²) < 4.78 is 37.0. The van der Waals surface area contributed by atoms with Crippen LogP contribution in [0.5, 0.6) is 0 Å². The van der Waals surface area contributed by atoms with Gasteiger partial charge in [-0.25, -0.2) is 8.42 Å². The Bertz CT molecular complexity index is 1870. The minimum Gasteiger partial charge on any atom is -0.361 e. The summed E-state index contributed by atoms with van der Waals surface area (Å²) >= 11 is 0. The highest BCUT2D eigenvalue weighted by atomic mass is 32.2. The zero-order valence-corrected chi connectivity index (χ0v) is 33.5. The first-order valence-corrected chi connectivity index (χ1v) is 20.1. The van der Waals surface area contributed by atoms with E-state index in [2.05, 4.69) is 25.8 Å². The van der Waals surface area contributed by atoms with Gasteiger partial charge < -0.3 is 20.7 Å². The van der Waals surface area contributed by atoms with Gasteiger partial charge in [0.1, 0.15) is 28.6 Å². The largest absolute Gasteiger partial charge is 0.361 e. The molecule has 0 aliphatic carbocycles. The van der Waals surface area contributed by atoms with Gasteiger partial charge in [-0.15, -0.1) is 0 Å². The molecule has 2 heterocycles. The summed E-state index contributed by atoms with van der Waals surface area (Å²) in [6.07, 6.45) is 1.21. The Balaban J connectivity index is 1.60. The third-order valence-electron chi connectivity index (χ3n) is 9.58. The van der Waals surface area contributed by atoms with E-state index < -0.39 is 57.5 Å². The van der Waals surface area contributed by atoms with Gasteiger partial charge in [-0.3, -0.25) is 23.9 Å². The molecule has 1 fully saturated rings. The van der Waals surface area contributed by atoms with E-state index >= 15 is 0 Å². The second-order valence-corrected chi connectivity index (χ2v) is 17.0. The van der Waals surface area contributed by atoms with Crippen LogP contribution in [0, 0.1) is 25.7 Å². The lowest BCUT2D eigenvalue weighted by molar-refractivity contribution is -0.134. The van der Waals surface area contributed by atoms with Crippen LogP contribution in [0.15, 0.2) is 65.6 Å². The van der Waals surface area contributed by atoms with Crippen LogP contribution in [-0.2, 0) is 53.8 Å². The zero-order chi connectivity index (χ0) is 39.8. The van der Waals surface area contributed by atoms with Crippen molar-refractivity contribution in [3.8, 4) is 0 Å². The van der Waals surface area contributed by atoms with Crippen LogP contribution < -0.4 is 20.7 Å². The smallest absolute Gasteiger partial charge is 0.244 e. The van der Waals surface area contributed by atoms with Crippen molar-refractivity contribution in [2.75, 3.05) is 6.61 Å². The zero-order valence-electron chi connectivity index (χ0n) is 32.6. The molecule has 1 aliphatic heterocycles. The summed E-state index contributed by atoms with van der Waals surface area (Å²) in [5, 5.41) is 12.8. The van der Waals surface area contributed by atoms with E-state index in [1.807, 2.05) is 88.4 Å². The Morgan fingerprint density at radius 3 is 1.78 bits per heavy atom. The fourth-order valence-electron chi connectivity index (χ4n) is 6.49. The predicted octanol–water partition coefficient (Wildman–Crippen LogP) is 3.46. The molecule has 0 spiro atoms. The number of carbonyl (C=O) groups is 4. The normalized spacial score (nSPS) is 17.7. The minimum atomic E-state index is -4.21. The van der Waals surface area contributed by atoms with Crippen molar-refractivity contribution in [1.82, 2.24) is 30.5 Å². The summed E-state index contributed by atoms with van der Waals surface area (Å²) in [4.78, 5) is 55.6. The van der Waals surface area contributed by atoms with Gasteiger partial charge in [0.15, 0.2) is 5.78 Å². The molecule has 4 rings (SSSR count). The molecule has 0 unspecified atom stereocenters. The van der Waals surface area contributed by atoms with E-state index in [0.717, 1.165) is 11.1 Å². The Kier molecular flexibility index (Phi) is 14.3. The highest BCUT2D eigenvalue weighted by molar-refractivity contribution is 7.89. The van der Waals surface area contributed by atoms with Gasteiger partial charge in [0.25, 0.3) is 0 Å². The molecule has 14 heteroatoms. The van der Waals surface area contributed by atoms with Crippen molar-refractivity contribution in [2.24, 2.45) is 18.9 Å². The number of ketones is 1. The molecule has 1 saturated heterocycles. The number of ether oxygens (including phenoxy) is 1. The molecule has 54 heavy (non-hydrogen) atoms. The molecule has 13 nitrogen and oxygen atoms in total. The fourth-order valence-corrected chi connectivity index (χ4v) is 8.16. The fraction of sp³-hybridized carbons (Fsp3) is 0.525. The number of rotatable bonds is 20. The second-order valence-electron chi connectivity index (χ2n) is 15.3. The van der Waals surface area contributed by atoms with E-state index in [0.29, 0.717) is 24.2 Å². The van der Waals surface area contributed by atoms with E-state index in [9.17, 15) is 27.6 Å². The number of nitrogens with zero attached hydrogens (tertiary/aromatic N) is 2. The molecular weight excluding hydrogens is 709 g/mol. The number of Topliss-reactive ketones (excluding diaryl/α,β-unsaturated/α-hetero) is 1. The van der Waals surface area contributed by atoms with Gasteiger partial charge in [-0.05, 0) is 69.4 Å². The van der Waals surface area contributed by atoms with Gasteiger partial charge in [0.05, 0.1) is 24.0 Å². The van der Waals surface area contributed by atoms with Crippen LogP contribution in [-0.4, -0.2) is 78.1 Å². The van der Waals surface area contributed by atoms with Crippen molar-refractivity contribution in [1.29, 1.82) is 0 Å². The number of hydrogen-bond donors (Lipinski definition) is 4. The highest BCUT2D eigenvalue weighted by Gasteiger charge is 2.50. The van der Waals surface area contributed by atoms with E-state index in [4.69, 9.17) is 4.74 Å². The molecular formula is C40H56N6O7S. The molecule has 3 aromatic rings. The van der Waals surface area contributed by atoms with Gasteiger partial charge in [0.2, 0.25) is 27.7 Å². The van der Waals surface area contributed by atoms with E-state index in [-0.39, 0.29) is 48.4 Å². The quantitative estimate of drug-likeness (QED) is 0.126. The number of epoxide rings is 1. The minimum absolute atomic E-state index is 0.00903. The number of benzene rings is 2. The SMILES string of the molecule is Cc1nn(C)c(C)c1S(=O)(=O)N[C@@H](CCc1ccccc1)C(=O)N[C@@H](CC(C)C)C(=O)N[C@@H](Cc1ccccc1)C(=O)N[C@@H](CC(C)C)C(=O)[C@@]1(C)CO1. The standard InChI is InChI=1S/C40H56N6O7S/c1-25(2)21-32(36(47)40(7)24-53-40)41-39(50)34(23-30-17-13-10-14-18-30)43-38(49)33(22-26(3)4)42-37(48)31(20-19-29-15-11-9-12-16-29)45-54(51,52)35-27(5)44-46(8)28(35)6/h9-18,25-26,31-34,45H,19-24H2,1-8H3,(H,41,50)(H,42,48)(H,43,49)/t31-,32-,33-,34-,40+/m0/s1. The monoisotopic (exact) mass is 764 g/mol. The van der Waals surface area contributed by atoms with Crippen molar-refractivity contribution >= 4 is 33.5 Å². The van der Waals surface area contributed by atoms with Gasteiger partial charge >= 0.3 is 0 Å². The molecule has 0 radical (unpaired) electrons. The van der Waals surface area contributed by atoms with E-state index in [1.165, 1.54) is 4.68 Å². The molecule has 0 bridgehead atoms. The Hall–Kier alpha value is -4.40. The average Bonchev–Trinajstić information content (AvgIpc) is 3.80. The summed E-state index contributed by atoms with van der Waals surface area (Å²) in [5.74, 6) is -2.02. The van der Waals surface area contributed by atoms with Crippen LogP contribution in [0.4, 0.5) is 0 Å². The number of aromatic nitrogens is 2. The van der Waals surface area contributed by atoms with Gasteiger partial charge in [-0.2, -0.15) is 9.82 Å². The number of hydrogen-bond acceptors (Lipinski definition) is 8. The lowest BCUT2D eigenvalue weighted by Crippen LogP contribution is -2.59. The van der Waals surface area contributed by atoms with Crippen molar-refractivity contribution in [2.45, 2.75) is 115 Å². The maximum absolute atomic E-state index is 14.1.